The van der Waals surface area contributed by atoms with Crippen molar-refractivity contribution in [3.8, 4) is 5.75 Å². The van der Waals surface area contributed by atoms with E-state index >= 15 is 0 Å². The number of benzene rings is 1. The van der Waals surface area contributed by atoms with Gasteiger partial charge in [-0.05, 0) is 43.2 Å². The van der Waals surface area contributed by atoms with Gasteiger partial charge in [0, 0.05) is 35.8 Å². The van der Waals surface area contributed by atoms with Crippen LogP contribution in [0, 0.1) is 0 Å². The first kappa shape index (κ1) is 13.3. The first-order valence-corrected chi connectivity index (χ1v) is 7.38. The molecule has 1 aromatic heterocycles. The van der Waals surface area contributed by atoms with Crippen molar-refractivity contribution in [3.05, 3.63) is 36.0 Å². The van der Waals surface area contributed by atoms with Crippen LogP contribution in [-0.4, -0.2) is 36.6 Å². The molecular formula is C17H22N2O. The van der Waals surface area contributed by atoms with Gasteiger partial charge in [0.15, 0.2) is 0 Å². The van der Waals surface area contributed by atoms with Gasteiger partial charge in [-0.2, -0.15) is 0 Å². The number of nitrogens with one attached hydrogen (secondary N) is 1. The maximum Gasteiger partial charge on any atom is 0.119 e. The van der Waals surface area contributed by atoms with E-state index in [-0.39, 0.29) is 0 Å². The Labute approximate surface area is 120 Å². The van der Waals surface area contributed by atoms with Crippen molar-refractivity contribution in [1.29, 1.82) is 0 Å². The first-order chi connectivity index (χ1) is 9.81. The van der Waals surface area contributed by atoms with Crippen molar-refractivity contribution in [2.75, 3.05) is 26.7 Å². The Kier molecular flexibility index (Phi) is 3.79. The summed E-state index contributed by atoms with van der Waals surface area (Å²) >= 11 is 0. The molecule has 0 spiro atoms. The predicted octanol–water partition coefficient (Wildman–Crippen LogP) is 3.68. The minimum atomic E-state index is 0.917. The molecule has 0 aliphatic carbocycles. The molecule has 0 saturated heterocycles. The Morgan fingerprint density at radius 3 is 3.05 bits per heavy atom. The summed E-state index contributed by atoms with van der Waals surface area (Å²) < 4.78 is 5.35. The molecule has 0 radical (unpaired) electrons. The zero-order chi connectivity index (χ0) is 13.9. The van der Waals surface area contributed by atoms with Gasteiger partial charge < -0.3 is 9.72 Å². The molecule has 0 bridgehead atoms. The second-order valence-corrected chi connectivity index (χ2v) is 5.41. The Bertz CT molecular complexity index is 627. The number of hydrogen-bond acceptors (Lipinski definition) is 2. The molecule has 1 aliphatic heterocycles. The molecule has 3 heteroatoms. The lowest BCUT2D eigenvalue weighted by Crippen LogP contribution is -2.30. The van der Waals surface area contributed by atoms with E-state index in [0.29, 0.717) is 0 Å². The number of nitrogens with zero attached hydrogens (tertiary/aromatic N) is 1. The number of hydrogen-bond donors (Lipinski definition) is 1. The van der Waals surface area contributed by atoms with Gasteiger partial charge in [0.1, 0.15) is 5.75 Å². The third-order valence-electron chi connectivity index (χ3n) is 4.00. The molecule has 0 saturated carbocycles. The molecule has 0 amide bonds. The van der Waals surface area contributed by atoms with Crippen LogP contribution in [0.5, 0.6) is 5.75 Å². The van der Waals surface area contributed by atoms with Crippen molar-refractivity contribution in [2.45, 2.75) is 19.8 Å². The summed E-state index contributed by atoms with van der Waals surface area (Å²) in [5.41, 5.74) is 3.93. The van der Waals surface area contributed by atoms with Crippen LogP contribution in [0.15, 0.2) is 30.5 Å². The van der Waals surface area contributed by atoms with Gasteiger partial charge in [0.05, 0.1) is 7.11 Å². The second-order valence-electron chi connectivity index (χ2n) is 5.41. The molecule has 3 nitrogen and oxygen atoms in total. The Morgan fingerprint density at radius 2 is 2.25 bits per heavy atom. The first-order valence-electron chi connectivity index (χ1n) is 7.38. The Hall–Kier alpha value is -1.74. The zero-order valence-corrected chi connectivity index (χ0v) is 12.3. The van der Waals surface area contributed by atoms with Gasteiger partial charge in [-0.3, -0.25) is 4.90 Å². The van der Waals surface area contributed by atoms with E-state index in [2.05, 4.69) is 41.2 Å². The van der Waals surface area contributed by atoms with E-state index in [4.69, 9.17) is 4.74 Å². The third kappa shape index (κ3) is 2.46. The van der Waals surface area contributed by atoms with Crippen LogP contribution in [0.1, 0.15) is 25.3 Å². The standard InChI is InChI=1S/C17H22N2O/c1-3-8-19-9-4-5-13(12-19)16-11-18-17-7-6-14(20-2)10-15(16)17/h5-7,10-11,18H,3-4,8-9,12H2,1-2H3. The number of methoxy groups -OCH3 is 1. The molecular weight excluding hydrogens is 248 g/mol. The SMILES string of the molecule is CCCN1CCC=C(c2c[nH]c3ccc(OC)cc23)C1. The molecule has 20 heavy (non-hydrogen) atoms. The van der Waals surface area contributed by atoms with Crippen LogP contribution in [-0.2, 0) is 0 Å². The molecule has 1 aliphatic rings. The summed E-state index contributed by atoms with van der Waals surface area (Å²) in [4.78, 5) is 5.90. The highest BCUT2D eigenvalue weighted by molar-refractivity contribution is 5.94. The quantitative estimate of drug-likeness (QED) is 0.918. The fourth-order valence-electron chi connectivity index (χ4n) is 3.00. The molecule has 0 unspecified atom stereocenters. The Balaban J connectivity index is 1.95. The van der Waals surface area contributed by atoms with Gasteiger partial charge in [0.25, 0.3) is 0 Å². The summed E-state index contributed by atoms with van der Waals surface area (Å²) in [7, 11) is 1.72. The van der Waals surface area contributed by atoms with Crippen LogP contribution in [0.4, 0.5) is 0 Å². The van der Waals surface area contributed by atoms with Crippen LogP contribution < -0.4 is 4.74 Å². The predicted molar refractivity (Wildman–Crippen MR) is 84.2 cm³/mol. The largest absolute Gasteiger partial charge is 0.497 e. The topological polar surface area (TPSA) is 28.3 Å². The van der Waals surface area contributed by atoms with E-state index in [1.807, 2.05) is 6.07 Å². The van der Waals surface area contributed by atoms with Crippen LogP contribution in [0.25, 0.3) is 16.5 Å². The molecule has 2 heterocycles. The molecule has 106 valence electrons. The van der Waals surface area contributed by atoms with Crippen molar-refractivity contribution in [1.82, 2.24) is 9.88 Å². The lowest BCUT2D eigenvalue weighted by atomic mass is 10.0. The van der Waals surface area contributed by atoms with E-state index in [9.17, 15) is 0 Å². The smallest absolute Gasteiger partial charge is 0.119 e. The number of aromatic nitrogens is 1. The molecule has 2 aromatic rings. The average Bonchev–Trinajstić information content (AvgIpc) is 2.90. The molecule has 0 atom stereocenters. The monoisotopic (exact) mass is 270 g/mol. The van der Waals surface area contributed by atoms with Gasteiger partial charge in [0.2, 0.25) is 0 Å². The minimum Gasteiger partial charge on any atom is -0.497 e. The summed E-state index contributed by atoms with van der Waals surface area (Å²) in [6.45, 7) is 5.67. The lowest BCUT2D eigenvalue weighted by Gasteiger charge is -2.26. The van der Waals surface area contributed by atoms with E-state index in [0.717, 1.165) is 18.7 Å². The van der Waals surface area contributed by atoms with Crippen LogP contribution in [0.2, 0.25) is 0 Å². The van der Waals surface area contributed by atoms with E-state index in [1.54, 1.807) is 7.11 Å². The fourth-order valence-corrected chi connectivity index (χ4v) is 3.00. The number of fused-ring (bicyclic) bond motifs is 1. The summed E-state index contributed by atoms with van der Waals surface area (Å²) in [6, 6.07) is 6.22. The maximum absolute atomic E-state index is 5.35. The molecule has 1 aromatic carbocycles. The van der Waals surface area contributed by atoms with Gasteiger partial charge >= 0.3 is 0 Å². The highest BCUT2D eigenvalue weighted by Gasteiger charge is 2.16. The van der Waals surface area contributed by atoms with Gasteiger partial charge in [-0.25, -0.2) is 0 Å². The highest BCUT2D eigenvalue weighted by Crippen LogP contribution is 2.30. The fraction of sp³-hybridized carbons (Fsp3) is 0.412. The van der Waals surface area contributed by atoms with E-state index in [1.165, 1.54) is 41.5 Å². The van der Waals surface area contributed by atoms with Crippen LogP contribution in [0.3, 0.4) is 0 Å². The average molecular weight is 270 g/mol. The van der Waals surface area contributed by atoms with Gasteiger partial charge in [-0.1, -0.05) is 13.0 Å². The normalized spacial score (nSPS) is 16.4. The Morgan fingerprint density at radius 1 is 1.35 bits per heavy atom. The second kappa shape index (κ2) is 5.71. The maximum atomic E-state index is 5.35. The summed E-state index contributed by atoms with van der Waals surface area (Å²) in [5, 5.41) is 1.26. The lowest BCUT2D eigenvalue weighted by molar-refractivity contribution is 0.305. The molecule has 1 N–H and O–H groups in total. The summed E-state index contributed by atoms with van der Waals surface area (Å²) in [5.74, 6) is 0.917. The summed E-state index contributed by atoms with van der Waals surface area (Å²) in [6.07, 6.45) is 6.88. The van der Waals surface area contributed by atoms with E-state index < -0.39 is 0 Å². The molecule has 0 fully saturated rings. The number of aromatic amines is 1. The van der Waals surface area contributed by atoms with Crippen molar-refractivity contribution in [3.63, 3.8) is 0 Å². The number of ether oxygens (including phenoxy) is 1. The highest BCUT2D eigenvalue weighted by atomic mass is 16.5. The minimum absolute atomic E-state index is 0.917. The van der Waals surface area contributed by atoms with Crippen molar-refractivity contribution < 1.29 is 4.74 Å². The zero-order valence-electron chi connectivity index (χ0n) is 12.3. The number of H-pyrrole nitrogens is 1. The third-order valence-corrected chi connectivity index (χ3v) is 4.00. The molecule has 3 rings (SSSR count). The number of rotatable bonds is 4. The van der Waals surface area contributed by atoms with Crippen LogP contribution >= 0.6 is 0 Å². The van der Waals surface area contributed by atoms with Crippen molar-refractivity contribution in [2.24, 2.45) is 0 Å². The van der Waals surface area contributed by atoms with Gasteiger partial charge in [-0.15, -0.1) is 0 Å². The van der Waals surface area contributed by atoms with Crippen molar-refractivity contribution >= 4 is 16.5 Å².